The largest absolute Gasteiger partial charge is 0.481 e. The number of unbranched alkanes of at least 4 members (excludes halogenated alkanes) is 1. The predicted molar refractivity (Wildman–Crippen MR) is 191 cm³/mol. The number of rotatable bonds is 12. The Balaban J connectivity index is 0. The summed E-state index contributed by atoms with van der Waals surface area (Å²) in [6, 6.07) is 15.5. The summed E-state index contributed by atoms with van der Waals surface area (Å²) in [6.45, 7) is 17.4. The van der Waals surface area contributed by atoms with Crippen LogP contribution in [0.15, 0.2) is 67.4 Å². The molecule has 0 saturated carbocycles. The number of allylic oxidation sites excluding steroid dienone is 1. The number of hydrogen-bond donors (Lipinski definition) is 1. The van der Waals surface area contributed by atoms with E-state index in [-0.39, 0.29) is 30.5 Å². The highest BCUT2D eigenvalue weighted by Gasteiger charge is 2.07. The maximum atomic E-state index is 12.9. The molecule has 7 nitrogen and oxygen atoms in total. The van der Waals surface area contributed by atoms with Crippen LogP contribution in [-0.2, 0) is 30.3 Å². The van der Waals surface area contributed by atoms with Gasteiger partial charge in [-0.05, 0) is 68.5 Å². The molecule has 1 N–H and O–H groups in total. The first-order chi connectivity index (χ1) is 21.9. The van der Waals surface area contributed by atoms with Crippen LogP contribution in [0.5, 0.6) is 0 Å². The summed E-state index contributed by atoms with van der Waals surface area (Å²) in [4.78, 5) is 36.1. The van der Waals surface area contributed by atoms with Crippen LogP contribution >= 0.6 is 9.24 Å². The second kappa shape index (κ2) is 28.8. The van der Waals surface area contributed by atoms with Crippen LogP contribution < -0.4 is 5.30 Å². The number of pyridine rings is 1. The third kappa shape index (κ3) is 23.7. The van der Waals surface area contributed by atoms with Crippen molar-refractivity contribution in [2.75, 3.05) is 13.2 Å². The maximum absolute atomic E-state index is 12.9. The lowest BCUT2D eigenvalue weighted by molar-refractivity contribution is -0.147. The van der Waals surface area contributed by atoms with Crippen molar-refractivity contribution >= 4 is 43.2 Å². The fourth-order valence-electron chi connectivity index (χ4n) is 3.67. The van der Waals surface area contributed by atoms with Crippen LogP contribution in [0.1, 0.15) is 91.3 Å². The fraction of sp³-hybridized carbons (Fsp3) is 0.459. The Kier molecular flexibility index (Phi) is 27.9. The molecule has 0 aliphatic carbocycles. The van der Waals surface area contributed by atoms with Gasteiger partial charge in [0.2, 0.25) is 0 Å². The number of aromatic nitrogens is 1. The average molecular weight is 660 g/mol. The Morgan fingerprint density at radius 2 is 1.67 bits per heavy atom. The molecular weight excluding hydrogens is 604 g/mol. The molecule has 3 aromatic rings. The standard InChI is InChI=1S/C13H22O6.C10H9N.C9H12FP.C3H6.C2H6/c1-10(9-19-11(2)14)5-3-4-8-18-13(17)7-6-12(15)16;1-8-6-9-4-2-3-5-10(9)7-11-8;1-2-4-7-5-3-6-8(10)9(7)11;1-3-2;1-2/h10H,3-9H2,1-2H3,(H,15,16);2-7H,1H3;3,5-6H,2,4,11H2,1H3;3H,1H2,2H3;1-2H3. The van der Waals surface area contributed by atoms with E-state index in [0.29, 0.717) is 18.5 Å². The van der Waals surface area contributed by atoms with Crippen LogP contribution in [-0.4, -0.2) is 41.2 Å². The average Bonchev–Trinajstić information content (AvgIpc) is 3.03. The van der Waals surface area contributed by atoms with Crippen LogP contribution in [0.2, 0.25) is 0 Å². The van der Waals surface area contributed by atoms with E-state index in [1.54, 1.807) is 12.1 Å². The molecule has 2 aromatic carbocycles. The summed E-state index contributed by atoms with van der Waals surface area (Å²) in [5.74, 6) is -1.60. The number of esters is 2. The summed E-state index contributed by atoms with van der Waals surface area (Å²) in [5, 5.41) is 11.6. The fourth-order valence-corrected chi connectivity index (χ4v) is 4.00. The molecule has 0 saturated heterocycles. The number of carbonyl (C=O) groups is 3. The molecule has 2 unspecified atom stereocenters. The van der Waals surface area contributed by atoms with Crippen molar-refractivity contribution < 1.29 is 33.4 Å². The first-order valence-corrected chi connectivity index (χ1v) is 16.4. The molecule has 0 aliphatic rings. The summed E-state index contributed by atoms with van der Waals surface area (Å²) in [5.41, 5.74) is 2.17. The molecule has 2 atom stereocenters. The Hall–Kier alpha value is -3.64. The normalized spacial score (nSPS) is 10.1. The van der Waals surface area contributed by atoms with Crippen molar-refractivity contribution in [2.24, 2.45) is 5.92 Å². The molecule has 1 heterocycles. The molecule has 0 amide bonds. The molecule has 0 spiro atoms. The molecule has 3 rings (SSSR count). The number of hydrogen-bond acceptors (Lipinski definition) is 6. The number of halogens is 1. The van der Waals surface area contributed by atoms with Crippen molar-refractivity contribution in [3.8, 4) is 0 Å². The maximum Gasteiger partial charge on any atom is 0.306 e. The molecule has 0 bridgehead atoms. The van der Waals surface area contributed by atoms with Gasteiger partial charge in [-0.2, -0.15) is 0 Å². The molecular formula is C37H55FNO6P. The Morgan fingerprint density at radius 3 is 2.26 bits per heavy atom. The van der Waals surface area contributed by atoms with Gasteiger partial charge in [-0.1, -0.05) is 76.6 Å². The van der Waals surface area contributed by atoms with Crippen molar-refractivity contribution in [3.05, 3.63) is 84.5 Å². The van der Waals surface area contributed by atoms with Gasteiger partial charge in [0.25, 0.3) is 0 Å². The van der Waals surface area contributed by atoms with E-state index in [1.165, 1.54) is 23.8 Å². The van der Waals surface area contributed by atoms with Crippen LogP contribution in [0.3, 0.4) is 0 Å². The van der Waals surface area contributed by atoms with Gasteiger partial charge in [-0.3, -0.25) is 19.4 Å². The van der Waals surface area contributed by atoms with E-state index >= 15 is 0 Å². The number of aryl methyl sites for hydroxylation is 2. The zero-order chi connectivity index (χ0) is 35.3. The number of aliphatic carboxylic acids is 1. The molecule has 46 heavy (non-hydrogen) atoms. The number of carboxylic acids is 1. The Labute approximate surface area is 278 Å². The van der Waals surface area contributed by atoms with E-state index in [0.717, 1.165) is 43.4 Å². The van der Waals surface area contributed by atoms with Crippen molar-refractivity contribution in [1.82, 2.24) is 4.98 Å². The van der Waals surface area contributed by atoms with Gasteiger partial charge in [0.05, 0.1) is 26.1 Å². The molecule has 0 aliphatic heterocycles. The topological polar surface area (TPSA) is 103 Å². The van der Waals surface area contributed by atoms with Crippen molar-refractivity contribution in [1.29, 1.82) is 0 Å². The summed E-state index contributed by atoms with van der Waals surface area (Å²) >= 11 is 0. The van der Waals surface area contributed by atoms with Gasteiger partial charge in [0.15, 0.2) is 0 Å². The van der Waals surface area contributed by atoms with Gasteiger partial charge in [-0.15, -0.1) is 15.8 Å². The van der Waals surface area contributed by atoms with E-state index in [2.05, 4.69) is 45.9 Å². The highest BCUT2D eigenvalue weighted by atomic mass is 31.0. The van der Waals surface area contributed by atoms with Crippen molar-refractivity contribution in [2.45, 2.75) is 93.4 Å². The van der Waals surface area contributed by atoms with Crippen molar-refractivity contribution in [3.63, 3.8) is 0 Å². The minimum absolute atomic E-state index is 0.0851. The van der Waals surface area contributed by atoms with Crippen LogP contribution in [0.25, 0.3) is 10.8 Å². The van der Waals surface area contributed by atoms with Gasteiger partial charge in [0.1, 0.15) is 5.82 Å². The van der Waals surface area contributed by atoms with E-state index in [4.69, 9.17) is 14.6 Å². The minimum Gasteiger partial charge on any atom is -0.481 e. The lowest BCUT2D eigenvalue weighted by Crippen LogP contribution is -2.10. The predicted octanol–water partition coefficient (Wildman–Crippen LogP) is 8.80. The number of fused-ring (bicyclic) bond motifs is 1. The summed E-state index contributed by atoms with van der Waals surface area (Å²) in [7, 11) is 2.44. The third-order valence-electron chi connectivity index (χ3n) is 5.90. The van der Waals surface area contributed by atoms with E-state index in [9.17, 15) is 18.8 Å². The van der Waals surface area contributed by atoms with Gasteiger partial charge >= 0.3 is 17.9 Å². The summed E-state index contributed by atoms with van der Waals surface area (Å²) in [6.07, 6.45) is 7.88. The van der Waals surface area contributed by atoms with Crippen LogP contribution in [0.4, 0.5) is 4.39 Å². The molecule has 1 aromatic heterocycles. The molecule has 0 radical (unpaired) electrons. The van der Waals surface area contributed by atoms with Crippen LogP contribution in [0, 0.1) is 18.7 Å². The second-order valence-corrected chi connectivity index (χ2v) is 10.7. The zero-order valence-electron chi connectivity index (χ0n) is 28.8. The number of carboxylic acid groups (broad SMARTS) is 1. The quantitative estimate of drug-likeness (QED) is 0.0897. The zero-order valence-corrected chi connectivity index (χ0v) is 30.0. The van der Waals surface area contributed by atoms with E-state index < -0.39 is 11.9 Å². The number of benzene rings is 2. The number of nitrogens with zero attached hydrogens (tertiary/aromatic N) is 1. The first kappa shape index (κ1) is 44.5. The minimum atomic E-state index is -1.00. The number of carbonyl (C=O) groups excluding carboxylic acids is 2. The highest BCUT2D eigenvalue weighted by molar-refractivity contribution is 7.27. The Morgan fingerprint density at radius 1 is 1.04 bits per heavy atom. The summed E-state index contributed by atoms with van der Waals surface area (Å²) < 4.78 is 22.6. The monoisotopic (exact) mass is 659 g/mol. The smallest absolute Gasteiger partial charge is 0.306 e. The SMILES string of the molecule is C=CC.CC.CC(=O)OCC(C)CCCCOC(=O)CCC(=O)O.CCCc1cccc(F)c1P.Cc1cc2ccccc2cn1. The lowest BCUT2D eigenvalue weighted by atomic mass is 10.1. The lowest BCUT2D eigenvalue weighted by Gasteiger charge is -2.10. The number of ether oxygens (including phenoxy) is 2. The van der Waals surface area contributed by atoms with Gasteiger partial charge in [-0.25, -0.2) is 4.39 Å². The van der Waals surface area contributed by atoms with Gasteiger partial charge in [0, 0.05) is 29.5 Å². The second-order valence-electron chi connectivity index (χ2n) is 10.2. The molecule has 256 valence electrons. The molecule has 0 fully saturated rings. The highest BCUT2D eigenvalue weighted by Crippen LogP contribution is 2.12. The Bertz CT molecular complexity index is 1280. The third-order valence-corrected chi connectivity index (χ3v) is 6.55. The van der Waals surface area contributed by atoms with Gasteiger partial charge < -0.3 is 14.6 Å². The molecule has 9 heteroatoms. The first-order valence-electron chi connectivity index (χ1n) is 15.9. The van der Waals surface area contributed by atoms with E-state index in [1.807, 2.05) is 59.0 Å².